The van der Waals surface area contributed by atoms with Crippen molar-refractivity contribution in [1.29, 1.82) is 0 Å². The molecule has 2 aliphatic rings. The third-order valence-electron chi connectivity index (χ3n) is 4.44. The number of hydrogen-bond acceptors (Lipinski definition) is 4. The molecule has 0 spiro atoms. The summed E-state index contributed by atoms with van der Waals surface area (Å²) in [5, 5.41) is 28.7. The lowest BCUT2D eigenvalue weighted by Crippen LogP contribution is -2.56. The molecule has 0 aromatic carbocycles. The maximum absolute atomic E-state index is 12.5. The quantitative estimate of drug-likeness (QED) is 0.702. The van der Waals surface area contributed by atoms with Gasteiger partial charge in [-0.15, -0.1) is 0 Å². The van der Waals surface area contributed by atoms with E-state index in [2.05, 4.69) is 0 Å². The number of halogens is 2. The van der Waals surface area contributed by atoms with Crippen molar-refractivity contribution in [3.05, 3.63) is 0 Å². The topological polar surface area (TPSA) is 63.9 Å². The largest absolute Gasteiger partial charge is 0.389 e. The standard InChI is InChI=1S/C13H23F2NO3/c14-13(15)9-3-1-8(2-4-9)5-16-6-10(17)12(19)11(18)7-16/h8-13,17-19H,1-7H2. The summed E-state index contributed by atoms with van der Waals surface area (Å²) in [6.07, 6.45) is -2.48. The van der Waals surface area contributed by atoms with Gasteiger partial charge in [0.25, 0.3) is 0 Å². The molecule has 0 amide bonds. The highest BCUT2D eigenvalue weighted by Gasteiger charge is 2.35. The van der Waals surface area contributed by atoms with E-state index in [1.807, 2.05) is 4.90 Å². The van der Waals surface area contributed by atoms with Crippen LogP contribution < -0.4 is 0 Å². The molecule has 2 unspecified atom stereocenters. The van der Waals surface area contributed by atoms with Gasteiger partial charge in [0, 0.05) is 25.6 Å². The third kappa shape index (κ3) is 3.84. The first kappa shape index (κ1) is 15.1. The molecule has 2 atom stereocenters. The summed E-state index contributed by atoms with van der Waals surface area (Å²) in [6, 6.07) is 0. The Morgan fingerprint density at radius 3 is 1.95 bits per heavy atom. The molecule has 0 aromatic rings. The third-order valence-corrected chi connectivity index (χ3v) is 4.44. The van der Waals surface area contributed by atoms with Gasteiger partial charge in [-0.25, -0.2) is 8.78 Å². The Kier molecular flexibility index (Phi) is 5.11. The number of alkyl halides is 2. The molecule has 0 bridgehead atoms. The Morgan fingerprint density at radius 1 is 0.947 bits per heavy atom. The van der Waals surface area contributed by atoms with Crippen LogP contribution in [-0.4, -0.2) is 64.6 Å². The van der Waals surface area contributed by atoms with Crippen LogP contribution in [0.2, 0.25) is 0 Å². The average Bonchev–Trinajstić information content (AvgIpc) is 2.36. The summed E-state index contributed by atoms with van der Waals surface area (Å²) < 4.78 is 25.1. The monoisotopic (exact) mass is 279 g/mol. The first-order valence-electron chi connectivity index (χ1n) is 7.02. The van der Waals surface area contributed by atoms with Crippen molar-refractivity contribution in [2.45, 2.75) is 50.4 Å². The summed E-state index contributed by atoms with van der Waals surface area (Å²) in [5.74, 6) is -0.111. The fraction of sp³-hybridized carbons (Fsp3) is 1.00. The van der Waals surface area contributed by atoms with E-state index < -0.39 is 30.7 Å². The van der Waals surface area contributed by atoms with Crippen molar-refractivity contribution in [1.82, 2.24) is 4.90 Å². The average molecular weight is 279 g/mol. The van der Waals surface area contributed by atoms with Crippen LogP contribution in [0, 0.1) is 11.8 Å². The second kappa shape index (κ2) is 6.43. The predicted molar refractivity (Wildman–Crippen MR) is 65.9 cm³/mol. The van der Waals surface area contributed by atoms with Gasteiger partial charge >= 0.3 is 0 Å². The smallest absolute Gasteiger partial charge is 0.241 e. The fourth-order valence-corrected chi connectivity index (χ4v) is 3.21. The van der Waals surface area contributed by atoms with Crippen LogP contribution >= 0.6 is 0 Å². The van der Waals surface area contributed by atoms with Crippen LogP contribution in [0.4, 0.5) is 8.78 Å². The van der Waals surface area contributed by atoms with Gasteiger partial charge in [-0.3, -0.25) is 4.90 Å². The number of β-amino-alcohol motifs (C(OH)–C–C–N with tert-alkyl or cyclic N) is 2. The molecule has 1 aliphatic heterocycles. The van der Waals surface area contributed by atoms with Gasteiger partial charge in [0.05, 0.1) is 12.2 Å². The van der Waals surface area contributed by atoms with Gasteiger partial charge in [-0.05, 0) is 31.6 Å². The molecule has 6 heteroatoms. The predicted octanol–water partition coefficient (Wildman–Crippen LogP) is 0.456. The number of hydrogen-bond donors (Lipinski definition) is 3. The normalized spacial score (nSPS) is 41.7. The van der Waals surface area contributed by atoms with E-state index in [0.717, 1.165) is 12.8 Å². The number of aliphatic hydroxyl groups is 3. The van der Waals surface area contributed by atoms with Crippen molar-refractivity contribution in [2.75, 3.05) is 19.6 Å². The van der Waals surface area contributed by atoms with Crippen molar-refractivity contribution in [2.24, 2.45) is 11.8 Å². The van der Waals surface area contributed by atoms with Gasteiger partial charge in [0.1, 0.15) is 6.10 Å². The Labute approximate surface area is 112 Å². The minimum Gasteiger partial charge on any atom is -0.389 e. The molecule has 1 saturated heterocycles. The van der Waals surface area contributed by atoms with Gasteiger partial charge in [-0.1, -0.05) is 0 Å². The van der Waals surface area contributed by atoms with Crippen molar-refractivity contribution in [3.63, 3.8) is 0 Å². The van der Waals surface area contributed by atoms with Gasteiger partial charge < -0.3 is 15.3 Å². The molecule has 3 N–H and O–H groups in total. The number of nitrogens with zero attached hydrogens (tertiary/aromatic N) is 1. The van der Waals surface area contributed by atoms with E-state index >= 15 is 0 Å². The van der Waals surface area contributed by atoms with E-state index in [1.54, 1.807) is 0 Å². The zero-order valence-electron chi connectivity index (χ0n) is 11.0. The molecule has 0 aromatic heterocycles. The molecule has 1 saturated carbocycles. The summed E-state index contributed by atoms with van der Waals surface area (Å²) in [5.41, 5.74) is 0. The summed E-state index contributed by atoms with van der Waals surface area (Å²) >= 11 is 0. The van der Waals surface area contributed by atoms with E-state index in [0.29, 0.717) is 38.4 Å². The lowest BCUT2D eigenvalue weighted by molar-refractivity contribution is -0.112. The lowest BCUT2D eigenvalue weighted by atomic mass is 9.81. The number of rotatable bonds is 3. The van der Waals surface area contributed by atoms with E-state index in [1.165, 1.54) is 0 Å². The Balaban J connectivity index is 1.77. The highest BCUT2D eigenvalue weighted by atomic mass is 19.3. The molecule has 1 heterocycles. The van der Waals surface area contributed by atoms with E-state index in [9.17, 15) is 24.1 Å². The highest BCUT2D eigenvalue weighted by molar-refractivity contribution is 4.87. The minimum absolute atomic E-state index is 0.340. The maximum Gasteiger partial charge on any atom is 0.241 e. The van der Waals surface area contributed by atoms with Gasteiger partial charge in [0.15, 0.2) is 0 Å². The summed E-state index contributed by atoms with van der Waals surface area (Å²) in [6.45, 7) is 1.39. The summed E-state index contributed by atoms with van der Waals surface area (Å²) in [4.78, 5) is 1.93. The van der Waals surface area contributed by atoms with Crippen molar-refractivity contribution in [3.8, 4) is 0 Å². The minimum atomic E-state index is -2.21. The lowest BCUT2D eigenvalue weighted by Gasteiger charge is -2.39. The Morgan fingerprint density at radius 2 is 1.47 bits per heavy atom. The zero-order valence-corrected chi connectivity index (χ0v) is 11.0. The molecule has 4 nitrogen and oxygen atoms in total. The molecular weight excluding hydrogens is 256 g/mol. The number of likely N-dealkylation sites (tertiary alicyclic amines) is 1. The fourth-order valence-electron chi connectivity index (χ4n) is 3.21. The zero-order chi connectivity index (χ0) is 14.0. The van der Waals surface area contributed by atoms with Crippen LogP contribution in [0.15, 0.2) is 0 Å². The molecular formula is C13H23F2NO3. The number of piperidine rings is 1. The maximum atomic E-state index is 12.5. The Bertz CT molecular complexity index is 273. The van der Waals surface area contributed by atoms with Crippen LogP contribution in [0.3, 0.4) is 0 Å². The first-order valence-corrected chi connectivity index (χ1v) is 7.02. The van der Waals surface area contributed by atoms with Gasteiger partial charge in [0.2, 0.25) is 6.43 Å². The summed E-state index contributed by atoms with van der Waals surface area (Å²) in [7, 11) is 0. The molecule has 19 heavy (non-hydrogen) atoms. The van der Waals surface area contributed by atoms with Crippen molar-refractivity contribution >= 4 is 0 Å². The molecule has 0 radical (unpaired) electrons. The molecule has 2 rings (SSSR count). The number of aliphatic hydroxyl groups excluding tert-OH is 3. The van der Waals surface area contributed by atoms with Crippen LogP contribution in [0.5, 0.6) is 0 Å². The van der Waals surface area contributed by atoms with E-state index in [-0.39, 0.29) is 0 Å². The van der Waals surface area contributed by atoms with Crippen LogP contribution in [0.1, 0.15) is 25.7 Å². The first-order chi connectivity index (χ1) is 8.97. The van der Waals surface area contributed by atoms with Crippen molar-refractivity contribution < 1.29 is 24.1 Å². The van der Waals surface area contributed by atoms with Crippen LogP contribution in [0.25, 0.3) is 0 Å². The highest BCUT2D eigenvalue weighted by Crippen LogP contribution is 2.33. The molecule has 1 aliphatic carbocycles. The second-order valence-corrected chi connectivity index (χ2v) is 5.96. The SMILES string of the molecule is OC1CN(CC2CCC(C(F)F)CC2)CC(O)C1O. The second-order valence-electron chi connectivity index (χ2n) is 5.96. The molecule has 112 valence electrons. The van der Waals surface area contributed by atoms with Gasteiger partial charge in [-0.2, -0.15) is 0 Å². The van der Waals surface area contributed by atoms with E-state index in [4.69, 9.17) is 0 Å². The molecule has 2 fully saturated rings. The van der Waals surface area contributed by atoms with Crippen LogP contribution in [-0.2, 0) is 0 Å². The Hall–Kier alpha value is -0.300.